The van der Waals surface area contributed by atoms with Crippen molar-refractivity contribution in [1.29, 1.82) is 0 Å². The Balaban J connectivity index is 1.70. The monoisotopic (exact) mass is 608 g/mol. The number of furan rings is 1. The van der Waals surface area contributed by atoms with Crippen LogP contribution in [0.4, 0.5) is 5.82 Å². The summed E-state index contributed by atoms with van der Waals surface area (Å²) in [5, 5.41) is 8.12. The third-order valence-corrected chi connectivity index (χ3v) is 8.51. The van der Waals surface area contributed by atoms with E-state index in [9.17, 15) is 9.59 Å². The minimum Gasteiger partial charge on any atom is -0.493 e. The van der Waals surface area contributed by atoms with E-state index in [1.165, 1.54) is 16.7 Å². The van der Waals surface area contributed by atoms with E-state index in [0.717, 1.165) is 16.8 Å². The molecule has 1 N–H and O–H groups in total. The largest absolute Gasteiger partial charge is 0.493 e. The Labute approximate surface area is 254 Å². The number of para-hydroxylation sites is 1. The molecule has 0 saturated heterocycles. The van der Waals surface area contributed by atoms with Gasteiger partial charge in [-0.1, -0.05) is 50.6 Å². The minimum absolute atomic E-state index is 0.144. The van der Waals surface area contributed by atoms with Crippen LogP contribution < -0.4 is 19.7 Å². The van der Waals surface area contributed by atoms with Crippen LogP contribution in [-0.2, 0) is 21.5 Å². The van der Waals surface area contributed by atoms with Crippen LogP contribution in [0.15, 0.2) is 65.3 Å². The molecule has 11 heteroatoms. The Kier molecular flexibility index (Phi) is 8.56. The van der Waals surface area contributed by atoms with Crippen molar-refractivity contribution >= 4 is 41.0 Å². The third kappa shape index (κ3) is 5.87. The van der Waals surface area contributed by atoms with Crippen molar-refractivity contribution < 1.29 is 23.5 Å². The van der Waals surface area contributed by atoms with Gasteiger partial charge in [-0.2, -0.15) is 5.10 Å². The fourth-order valence-corrected chi connectivity index (χ4v) is 6.35. The fraction of sp³-hybridized carbons (Fsp3) is 0.323. The molecule has 220 valence electrons. The molecule has 2 aromatic heterocycles. The Bertz CT molecular complexity index is 1600. The van der Waals surface area contributed by atoms with Gasteiger partial charge in [0.1, 0.15) is 18.1 Å². The Morgan fingerprint density at radius 1 is 1.12 bits per heavy atom. The summed E-state index contributed by atoms with van der Waals surface area (Å²) in [7, 11) is 3.19. The Hall–Kier alpha value is -3.89. The van der Waals surface area contributed by atoms with Gasteiger partial charge >= 0.3 is 0 Å². The van der Waals surface area contributed by atoms with Gasteiger partial charge in [0.25, 0.3) is 0 Å². The van der Waals surface area contributed by atoms with Gasteiger partial charge in [-0.3, -0.25) is 14.5 Å². The number of nitrogens with zero attached hydrogens (tertiary/aromatic N) is 3. The van der Waals surface area contributed by atoms with Crippen molar-refractivity contribution in [2.24, 2.45) is 0 Å². The number of methoxy groups -OCH3 is 2. The number of nitrogens with one attached hydrogen (secondary N) is 1. The molecule has 0 aliphatic carbocycles. The molecule has 5 rings (SSSR count). The number of anilines is 1. The molecular weight excluding hydrogens is 576 g/mol. The highest BCUT2D eigenvalue weighted by Gasteiger charge is 2.40. The van der Waals surface area contributed by atoms with Crippen LogP contribution in [-0.4, -0.2) is 48.1 Å². The number of hydrogen-bond donors (Lipinski definition) is 1. The second-order valence-electron chi connectivity index (χ2n) is 10.8. The van der Waals surface area contributed by atoms with E-state index >= 15 is 0 Å². The second-order valence-corrected chi connectivity index (χ2v) is 12.3. The number of halogens is 1. The number of rotatable bonds is 8. The molecule has 1 atom stereocenters. The summed E-state index contributed by atoms with van der Waals surface area (Å²) < 4.78 is 18.2. The van der Waals surface area contributed by atoms with Crippen molar-refractivity contribution in [2.75, 3.05) is 31.4 Å². The molecule has 9 nitrogen and oxygen atoms in total. The predicted molar refractivity (Wildman–Crippen MR) is 164 cm³/mol. The van der Waals surface area contributed by atoms with Crippen LogP contribution in [0.5, 0.6) is 11.5 Å². The molecule has 0 spiro atoms. The number of carbonyl (C=O) groups excluding carboxylic acids is 2. The molecule has 0 saturated carbocycles. The zero-order chi connectivity index (χ0) is 30.0. The molecule has 42 heavy (non-hydrogen) atoms. The summed E-state index contributed by atoms with van der Waals surface area (Å²) in [6, 6.07) is 16.6. The maximum absolute atomic E-state index is 13.9. The number of fused-ring (bicyclic) bond motifs is 1. The normalized spacial score (nSPS) is 15.2. The lowest BCUT2D eigenvalue weighted by atomic mass is 9.87. The number of carbonyl (C=O) groups is 2. The maximum atomic E-state index is 13.9. The van der Waals surface area contributed by atoms with Gasteiger partial charge < -0.3 is 19.2 Å². The number of amides is 2. The first-order chi connectivity index (χ1) is 20.1. The van der Waals surface area contributed by atoms with Crippen molar-refractivity contribution in [2.45, 2.75) is 38.0 Å². The lowest BCUT2D eigenvalue weighted by Gasteiger charge is -2.25. The van der Waals surface area contributed by atoms with Gasteiger partial charge in [-0.25, -0.2) is 4.68 Å². The van der Waals surface area contributed by atoms with Crippen molar-refractivity contribution in [3.8, 4) is 17.2 Å². The highest BCUT2D eigenvalue weighted by atomic mass is 35.5. The first-order valence-corrected chi connectivity index (χ1v) is 14.9. The number of benzene rings is 2. The van der Waals surface area contributed by atoms with Crippen LogP contribution in [0.1, 0.15) is 48.6 Å². The van der Waals surface area contributed by atoms with Crippen molar-refractivity contribution in [1.82, 2.24) is 15.1 Å². The quantitative estimate of drug-likeness (QED) is 0.265. The summed E-state index contributed by atoms with van der Waals surface area (Å²) in [6.45, 7) is 6.24. The van der Waals surface area contributed by atoms with E-state index in [4.69, 9.17) is 30.6 Å². The van der Waals surface area contributed by atoms with E-state index in [1.54, 1.807) is 43.4 Å². The van der Waals surface area contributed by atoms with Crippen LogP contribution in [0.3, 0.4) is 0 Å². The van der Waals surface area contributed by atoms with E-state index in [2.05, 4.69) is 26.1 Å². The number of aromatic nitrogens is 2. The zero-order valence-electron chi connectivity index (χ0n) is 24.1. The molecule has 1 aliphatic rings. The Morgan fingerprint density at radius 2 is 1.88 bits per heavy atom. The highest BCUT2D eigenvalue weighted by Crippen LogP contribution is 2.49. The lowest BCUT2D eigenvalue weighted by Crippen LogP contribution is -2.42. The summed E-state index contributed by atoms with van der Waals surface area (Å²) in [6.07, 6.45) is 1.55. The van der Waals surface area contributed by atoms with Crippen LogP contribution in [0.2, 0.25) is 5.02 Å². The second kappa shape index (κ2) is 12.1. The topological polar surface area (TPSA) is 98.8 Å². The maximum Gasteiger partial charge on any atom is 0.240 e. The molecule has 2 aromatic carbocycles. The first kappa shape index (κ1) is 29.6. The number of hydrogen-bond acceptors (Lipinski definition) is 7. The molecule has 0 radical (unpaired) electrons. The molecule has 1 aliphatic heterocycles. The van der Waals surface area contributed by atoms with Gasteiger partial charge in [0.2, 0.25) is 11.8 Å². The van der Waals surface area contributed by atoms with Gasteiger partial charge in [0.05, 0.1) is 54.4 Å². The van der Waals surface area contributed by atoms with Gasteiger partial charge in [-0.05, 0) is 42.0 Å². The van der Waals surface area contributed by atoms with E-state index in [1.807, 2.05) is 36.4 Å². The standard InChI is InChI=1S/C31H33ClN4O5S/c1-31(2,3)29-27-28(19-12-13-23(39-4)24(15-19)40-5)42-18-26(38)35(17-25(37)33-16-20-9-8-14-41-20)30(27)36(34-29)22-11-7-6-10-21(22)32/h6-15,28H,16-18H2,1-5H3,(H,33,37)/t28-/m0/s1. The van der Waals surface area contributed by atoms with E-state index in [0.29, 0.717) is 33.8 Å². The smallest absolute Gasteiger partial charge is 0.240 e. The minimum atomic E-state index is -0.410. The summed E-state index contributed by atoms with van der Waals surface area (Å²) in [4.78, 5) is 28.6. The predicted octanol–water partition coefficient (Wildman–Crippen LogP) is 5.92. The molecule has 3 heterocycles. The van der Waals surface area contributed by atoms with Gasteiger partial charge in [0, 0.05) is 11.0 Å². The lowest BCUT2D eigenvalue weighted by molar-refractivity contribution is -0.123. The molecular formula is C31H33ClN4O5S. The fourth-order valence-electron chi connectivity index (χ4n) is 4.94. The summed E-state index contributed by atoms with van der Waals surface area (Å²) >= 11 is 8.18. The van der Waals surface area contributed by atoms with Crippen LogP contribution in [0.25, 0.3) is 5.69 Å². The van der Waals surface area contributed by atoms with Crippen molar-refractivity contribution in [3.63, 3.8) is 0 Å². The average molecular weight is 609 g/mol. The van der Waals surface area contributed by atoms with Gasteiger partial charge in [0.15, 0.2) is 11.5 Å². The third-order valence-electron chi connectivity index (χ3n) is 6.93. The summed E-state index contributed by atoms with van der Waals surface area (Å²) in [5.74, 6) is 1.91. The zero-order valence-corrected chi connectivity index (χ0v) is 25.7. The molecule has 0 fully saturated rings. The molecule has 4 aromatic rings. The highest BCUT2D eigenvalue weighted by molar-refractivity contribution is 8.00. The summed E-state index contributed by atoms with van der Waals surface area (Å²) in [5.41, 5.74) is 2.74. The molecule has 2 amide bonds. The first-order valence-electron chi connectivity index (χ1n) is 13.4. The number of ether oxygens (including phenoxy) is 2. The number of thioether (sulfide) groups is 1. The van der Waals surface area contributed by atoms with E-state index in [-0.39, 0.29) is 35.9 Å². The molecule has 0 bridgehead atoms. The van der Waals surface area contributed by atoms with E-state index < -0.39 is 5.41 Å². The average Bonchev–Trinajstić information content (AvgIpc) is 3.61. The van der Waals surface area contributed by atoms with Crippen LogP contribution >= 0.6 is 23.4 Å². The Morgan fingerprint density at radius 3 is 2.55 bits per heavy atom. The van der Waals surface area contributed by atoms with Gasteiger partial charge in [-0.15, -0.1) is 11.8 Å². The van der Waals surface area contributed by atoms with Crippen LogP contribution in [0, 0.1) is 0 Å². The molecule has 0 unspecified atom stereocenters. The SMILES string of the molecule is COc1ccc([C@@H]2SCC(=O)N(CC(=O)NCc3ccco3)c3c2c(C(C)(C)C)nn3-c2ccccc2Cl)cc1OC. The van der Waals surface area contributed by atoms with Crippen molar-refractivity contribution in [3.05, 3.63) is 88.5 Å².